The van der Waals surface area contributed by atoms with Crippen molar-refractivity contribution in [2.75, 3.05) is 66.1 Å². The van der Waals surface area contributed by atoms with Gasteiger partial charge in [-0.15, -0.1) is 0 Å². The SMILES string of the molecule is CC(C)C(C)N1CCOCC1.CC(C)CCCN1CCN(C)CC1. The molecule has 2 aliphatic heterocycles. The predicted molar refractivity (Wildman–Crippen MR) is 105 cm³/mol. The average Bonchev–Trinajstić information content (AvgIpc) is 2.57. The van der Waals surface area contributed by atoms with E-state index in [1.54, 1.807) is 0 Å². The molecule has 144 valence electrons. The molecule has 2 heterocycles. The Bertz CT molecular complexity index is 295. The summed E-state index contributed by atoms with van der Waals surface area (Å²) in [4.78, 5) is 7.52. The van der Waals surface area contributed by atoms with Gasteiger partial charge >= 0.3 is 0 Å². The van der Waals surface area contributed by atoms with E-state index in [0.717, 1.165) is 38.1 Å². The topological polar surface area (TPSA) is 19.0 Å². The monoisotopic (exact) mass is 341 g/mol. The number of morpholine rings is 1. The molecular formula is C20H43N3O. The van der Waals surface area contributed by atoms with Crippen molar-refractivity contribution in [3.63, 3.8) is 0 Å². The number of hydrogen-bond acceptors (Lipinski definition) is 4. The molecule has 0 aromatic rings. The van der Waals surface area contributed by atoms with E-state index < -0.39 is 0 Å². The molecule has 0 amide bonds. The summed E-state index contributed by atoms with van der Waals surface area (Å²) in [6, 6.07) is 0.707. The molecule has 2 rings (SSSR count). The Labute approximate surface area is 151 Å². The summed E-state index contributed by atoms with van der Waals surface area (Å²) >= 11 is 0. The van der Waals surface area contributed by atoms with Gasteiger partial charge in [0.1, 0.15) is 0 Å². The molecule has 0 saturated carbocycles. The minimum atomic E-state index is 0.707. The van der Waals surface area contributed by atoms with Crippen molar-refractivity contribution in [1.29, 1.82) is 0 Å². The zero-order valence-electron chi connectivity index (χ0n) is 17.3. The van der Waals surface area contributed by atoms with E-state index in [9.17, 15) is 0 Å². The van der Waals surface area contributed by atoms with Crippen molar-refractivity contribution in [3.05, 3.63) is 0 Å². The second-order valence-electron chi connectivity index (χ2n) is 8.31. The summed E-state index contributed by atoms with van der Waals surface area (Å²) in [5.41, 5.74) is 0. The molecule has 0 N–H and O–H groups in total. The molecule has 0 aromatic carbocycles. The number of rotatable bonds is 6. The van der Waals surface area contributed by atoms with Gasteiger partial charge in [-0.2, -0.15) is 0 Å². The van der Waals surface area contributed by atoms with Gasteiger partial charge in [0, 0.05) is 45.3 Å². The van der Waals surface area contributed by atoms with Gasteiger partial charge in [-0.1, -0.05) is 27.7 Å². The van der Waals surface area contributed by atoms with Crippen molar-refractivity contribution in [2.24, 2.45) is 11.8 Å². The summed E-state index contributed by atoms with van der Waals surface area (Å²) in [6.07, 6.45) is 2.76. The molecule has 0 aromatic heterocycles. The highest BCUT2D eigenvalue weighted by atomic mass is 16.5. The number of nitrogens with zero attached hydrogens (tertiary/aromatic N) is 3. The van der Waals surface area contributed by atoms with Gasteiger partial charge in [-0.3, -0.25) is 4.90 Å². The third-order valence-corrected chi connectivity index (χ3v) is 5.44. The summed E-state index contributed by atoms with van der Waals surface area (Å²) in [7, 11) is 2.21. The van der Waals surface area contributed by atoms with Gasteiger partial charge in [-0.05, 0) is 45.2 Å². The first-order valence-electron chi connectivity index (χ1n) is 10.1. The Morgan fingerprint density at radius 1 is 0.833 bits per heavy atom. The Morgan fingerprint density at radius 2 is 1.42 bits per heavy atom. The average molecular weight is 342 g/mol. The third-order valence-electron chi connectivity index (χ3n) is 5.44. The van der Waals surface area contributed by atoms with Gasteiger partial charge in [0.25, 0.3) is 0 Å². The highest BCUT2D eigenvalue weighted by Crippen LogP contribution is 2.11. The Balaban J connectivity index is 0.000000243. The Morgan fingerprint density at radius 3 is 1.92 bits per heavy atom. The van der Waals surface area contributed by atoms with E-state index in [-0.39, 0.29) is 0 Å². The Hall–Kier alpha value is -0.160. The van der Waals surface area contributed by atoms with Crippen LogP contribution in [0.5, 0.6) is 0 Å². The van der Waals surface area contributed by atoms with Crippen LogP contribution in [0.1, 0.15) is 47.5 Å². The van der Waals surface area contributed by atoms with Gasteiger partial charge in [0.05, 0.1) is 13.2 Å². The largest absolute Gasteiger partial charge is 0.379 e. The van der Waals surface area contributed by atoms with Crippen LogP contribution in [-0.2, 0) is 4.74 Å². The fourth-order valence-electron chi connectivity index (χ4n) is 3.20. The molecule has 2 saturated heterocycles. The lowest BCUT2D eigenvalue weighted by atomic mass is 10.0. The minimum Gasteiger partial charge on any atom is -0.379 e. The molecular weight excluding hydrogens is 298 g/mol. The van der Waals surface area contributed by atoms with E-state index in [0.29, 0.717) is 6.04 Å². The maximum absolute atomic E-state index is 5.29. The maximum Gasteiger partial charge on any atom is 0.0594 e. The fourth-order valence-corrected chi connectivity index (χ4v) is 3.20. The van der Waals surface area contributed by atoms with Crippen molar-refractivity contribution < 1.29 is 4.74 Å². The van der Waals surface area contributed by atoms with Crippen LogP contribution < -0.4 is 0 Å². The third kappa shape index (κ3) is 9.36. The van der Waals surface area contributed by atoms with Crippen LogP contribution in [-0.4, -0.2) is 86.8 Å². The molecule has 4 heteroatoms. The highest BCUT2D eigenvalue weighted by Gasteiger charge is 2.18. The first kappa shape index (κ1) is 21.9. The Kier molecular flexibility index (Phi) is 11.2. The molecule has 1 atom stereocenters. The zero-order chi connectivity index (χ0) is 17.9. The molecule has 2 aliphatic rings. The number of ether oxygens (including phenoxy) is 1. The van der Waals surface area contributed by atoms with Gasteiger partial charge in [0.2, 0.25) is 0 Å². The first-order valence-corrected chi connectivity index (χ1v) is 10.1. The van der Waals surface area contributed by atoms with Crippen LogP contribution in [0.2, 0.25) is 0 Å². The van der Waals surface area contributed by atoms with Crippen molar-refractivity contribution in [2.45, 2.75) is 53.5 Å². The van der Waals surface area contributed by atoms with Crippen molar-refractivity contribution in [1.82, 2.24) is 14.7 Å². The smallest absolute Gasteiger partial charge is 0.0594 e. The summed E-state index contributed by atoms with van der Waals surface area (Å²) in [6.45, 7) is 21.9. The summed E-state index contributed by atoms with van der Waals surface area (Å²) in [5.74, 6) is 1.63. The van der Waals surface area contributed by atoms with Crippen LogP contribution in [0.3, 0.4) is 0 Å². The van der Waals surface area contributed by atoms with E-state index in [4.69, 9.17) is 4.74 Å². The molecule has 1 unspecified atom stereocenters. The maximum atomic E-state index is 5.29. The lowest BCUT2D eigenvalue weighted by molar-refractivity contribution is 0.0109. The fraction of sp³-hybridized carbons (Fsp3) is 1.00. The van der Waals surface area contributed by atoms with E-state index in [2.05, 4.69) is 56.4 Å². The molecule has 0 spiro atoms. The van der Waals surface area contributed by atoms with Crippen molar-refractivity contribution in [3.8, 4) is 0 Å². The molecule has 24 heavy (non-hydrogen) atoms. The molecule has 2 fully saturated rings. The normalized spacial score (nSPS) is 22.5. The lowest BCUT2D eigenvalue weighted by Crippen LogP contribution is -2.44. The highest BCUT2D eigenvalue weighted by molar-refractivity contribution is 4.72. The van der Waals surface area contributed by atoms with E-state index in [1.807, 2.05) is 0 Å². The standard InChI is InChI=1S/C11H24N2.C9H19NO/c1-11(2)5-4-6-13-9-7-12(3)8-10-13;1-8(2)9(3)10-4-6-11-7-5-10/h11H,4-10H2,1-3H3;8-9H,4-7H2,1-3H3. The number of likely N-dealkylation sites (N-methyl/N-ethyl adjacent to an activating group) is 1. The van der Waals surface area contributed by atoms with Crippen LogP contribution in [0.4, 0.5) is 0 Å². The van der Waals surface area contributed by atoms with Gasteiger partial charge in [0.15, 0.2) is 0 Å². The quantitative estimate of drug-likeness (QED) is 0.739. The lowest BCUT2D eigenvalue weighted by Gasteiger charge is -2.34. The molecule has 0 radical (unpaired) electrons. The van der Waals surface area contributed by atoms with Crippen LogP contribution in [0, 0.1) is 11.8 Å². The molecule has 0 aliphatic carbocycles. The second-order valence-corrected chi connectivity index (χ2v) is 8.31. The number of piperazine rings is 1. The predicted octanol–water partition coefficient (Wildman–Crippen LogP) is 3.03. The zero-order valence-corrected chi connectivity index (χ0v) is 17.3. The van der Waals surface area contributed by atoms with Crippen molar-refractivity contribution >= 4 is 0 Å². The van der Waals surface area contributed by atoms with E-state index >= 15 is 0 Å². The summed E-state index contributed by atoms with van der Waals surface area (Å²) in [5, 5.41) is 0. The first-order chi connectivity index (χ1) is 11.4. The molecule has 0 bridgehead atoms. The van der Waals surface area contributed by atoms with Crippen LogP contribution in [0.15, 0.2) is 0 Å². The van der Waals surface area contributed by atoms with E-state index in [1.165, 1.54) is 45.6 Å². The second kappa shape index (κ2) is 12.2. The minimum absolute atomic E-state index is 0.707. The summed E-state index contributed by atoms with van der Waals surface area (Å²) < 4.78 is 5.29. The number of hydrogen-bond donors (Lipinski definition) is 0. The van der Waals surface area contributed by atoms with Gasteiger partial charge in [-0.25, -0.2) is 0 Å². The molecule has 4 nitrogen and oxygen atoms in total. The van der Waals surface area contributed by atoms with Crippen LogP contribution in [0.25, 0.3) is 0 Å². The van der Waals surface area contributed by atoms with Gasteiger partial charge < -0.3 is 14.5 Å². The van der Waals surface area contributed by atoms with Crippen LogP contribution >= 0.6 is 0 Å².